The number of ether oxygens (including phenoxy) is 1. The van der Waals surface area contributed by atoms with Crippen molar-refractivity contribution in [2.24, 2.45) is 0 Å². The van der Waals surface area contributed by atoms with E-state index in [4.69, 9.17) is 4.74 Å². The minimum absolute atomic E-state index is 0.0673. The van der Waals surface area contributed by atoms with Crippen molar-refractivity contribution in [3.05, 3.63) is 58.9 Å². The lowest BCUT2D eigenvalue weighted by atomic mass is 10.1. The zero-order chi connectivity index (χ0) is 22.8. The van der Waals surface area contributed by atoms with Crippen molar-refractivity contribution in [2.45, 2.75) is 31.7 Å². The molecule has 31 heavy (non-hydrogen) atoms. The Kier molecular flexibility index (Phi) is 6.33. The largest absolute Gasteiger partial charge is 0.420 e. The van der Waals surface area contributed by atoms with Gasteiger partial charge in [0.2, 0.25) is 0 Å². The summed E-state index contributed by atoms with van der Waals surface area (Å²) in [6.45, 7) is 0.276. The fourth-order valence-electron chi connectivity index (χ4n) is 3.19. The summed E-state index contributed by atoms with van der Waals surface area (Å²) in [6.07, 6.45) is -10.3. The number of anilines is 1. The third-order valence-electron chi connectivity index (χ3n) is 4.69. The maximum atomic E-state index is 13.6. The van der Waals surface area contributed by atoms with E-state index < -0.39 is 46.8 Å². The third-order valence-corrected chi connectivity index (χ3v) is 4.69. The predicted molar refractivity (Wildman–Crippen MR) is 97.2 cm³/mol. The smallest absolute Gasteiger partial charge is 0.407 e. The quantitative estimate of drug-likeness (QED) is 0.603. The molecule has 1 fully saturated rings. The number of carbonyl (C=O) groups is 1. The highest BCUT2D eigenvalue weighted by Gasteiger charge is 2.42. The molecule has 1 aliphatic rings. The van der Waals surface area contributed by atoms with Gasteiger partial charge in [-0.2, -0.15) is 26.3 Å². The standard InChI is InChI=1S/C20H17F7N2O2/c21-14-5-3-12(4-6-14)11-28-18(30)31-17-15(20(25,26)27)9-13(19(22,23)24)10-16(17)29-7-1-2-8-29/h3-6,9-10H,1-2,7-8,11H2,(H,28,30). The molecule has 4 nitrogen and oxygen atoms in total. The van der Waals surface area contributed by atoms with Crippen molar-refractivity contribution >= 4 is 11.8 Å². The van der Waals surface area contributed by atoms with Crippen molar-refractivity contribution in [2.75, 3.05) is 18.0 Å². The molecular weight excluding hydrogens is 433 g/mol. The van der Waals surface area contributed by atoms with Crippen molar-refractivity contribution in [3.8, 4) is 5.75 Å². The number of benzene rings is 2. The Morgan fingerprint density at radius 2 is 1.58 bits per heavy atom. The van der Waals surface area contributed by atoms with Gasteiger partial charge in [-0.3, -0.25) is 0 Å². The second-order valence-corrected chi connectivity index (χ2v) is 6.93. The van der Waals surface area contributed by atoms with Crippen LogP contribution in [-0.2, 0) is 18.9 Å². The molecule has 0 aliphatic carbocycles. The van der Waals surface area contributed by atoms with E-state index in [0.29, 0.717) is 24.5 Å². The van der Waals surface area contributed by atoms with Gasteiger partial charge in [-0.15, -0.1) is 0 Å². The Bertz CT molecular complexity index is 934. The van der Waals surface area contributed by atoms with Crippen molar-refractivity contribution in [3.63, 3.8) is 0 Å². The third kappa shape index (κ3) is 5.59. The Hall–Kier alpha value is -2.98. The minimum Gasteiger partial charge on any atom is -0.407 e. The molecule has 2 aromatic rings. The maximum Gasteiger partial charge on any atom is 0.420 e. The van der Waals surface area contributed by atoms with Crippen LogP contribution in [-0.4, -0.2) is 19.2 Å². The number of nitrogens with one attached hydrogen (secondary N) is 1. The van der Waals surface area contributed by atoms with E-state index in [1.54, 1.807) is 0 Å². The lowest BCUT2D eigenvalue weighted by Crippen LogP contribution is -2.29. The molecular formula is C20H17F7N2O2. The van der Waals surface area contributed by atoms with Gasteiger partial charge in [0, 0.05) is 19.6 Å². The lowest BCUT2D eigenvalue weighted by Gasteiger charge is -2.25. The van der Waals surface area contributed by atoms with Crippen molar-refractivity contribution in [1.82, 2.24) is 5.32 Å². The van der Waals surface area contributed by atoms with Crippen LogP contribution in [0.4, 0.5) is 41.2 Å². The Morgan fingerprint density at radius 1 is 0.968 bits per heavy atom. The molecule has 0 unspecified atom stereocenters. The summed E-state index contributed by atoms with van der Waals surface area (Å²) >= 11 is 0. The Balaban J connectivity index is 1.94. The fourth-order valence-corrected chi connectivity index (χ4v) is 3.19. The molecule has 0 radical (unpaired) electrons. The van der Waals surface area contributed by atoms with Crippen LogP contribution in [0, 0.1) is 5.82 Å². The van der Waals surface area contributed by atoms with Gasteiger partial charge >= 0.3 is 18.4 Å². The summed E-state index contributed by atoms with van der Waals surface area (Å²) in [7, 11) is 0. The zero-order valence-corrected chi connectivity index (χ0v) is 15.9. The van der Waals surface area contributed by atoms with E-state index in [0.717, 1.165) is 12.1 Å². The molecule has 0 bridgehead atoms. The molecule has 3 rings (SSSR count). The molecule has 0 spiro atoms. The van der Waals surface area contributed by atoms with Gasteiger partial charge in [0.15, 0.2) is 5.75 Å². The zero-order valence-electron chi connectivity index (χ0n) is 15.9. The molecule has 0 atom stereocenters. The van der Waals surface area contributed by atoms with Crippen LogP contribution in [0.15, 0.2) is 36.4 Å². The van der Waals surface area contributed by atoms with Crippen LogP contribution in [0.2, 0.25) is 0 Å². The van der Waals surface area contributed by atoms with Gasteiger partial charge in [0.1, 0.15) is 11.4 Å². The molecule has 1 amide bonds. The number of amides is 1. The molecule has 168 valence electrons. The van der Waals surface area contributed by atoms with Crippen LogP contribution < -0.4 is 15.0 Å². The van der Waals surface area contributed by atoms with Crippen LogP contribution in [0.3, 0.4) is 0 Å². The van der Waals surface area contributed by atoms with Gasteiger partial charge in [-0.05, 0) is 42.7 Å². The SMILES string of the molecule is O=C(NCc1ccc(F)cc1)Oc1c(N2CCCC2)cc(C(F)(F)F)cc1C(F)(F)F. The van der Waals surface area contributed by atoms with Gasteiger partial charge < -0.3 is 15.0 Å². The second-order valence-electron chi connectivity index (χ2n) is 6.93. The first-order valence-electron chi connectivity index (χ1n) is 9.22. The normalized spacial score (nSPS) is 14.6. The van der Waals surface area contributed by atoms with Gasteiger partial charge in [0.05, 0.1) is 11.3 Å². The van der Waals surface area contributed by atoms with E-state index in [1.165, 1.54) is 17.0 Å². The number of nitrogens with zero attached hydrogens (tertiary/aromatic N) is 1. The summed E-state index contributed by atoms with van der Waals surface area (Å²) in [5.41, 5.74) is -3.18. The van der Waals surface area contributed by atoms with E-state index >= 15 is 0 Å². The molecule has 1 heterocycles. The monoisotopic (exact) mass is 450 g/mol. The number of hydrogen-bond donors (Lipinski definition) is 1. The van der Waals surface area contributed by atoms with E-state index in [-0.39, 0.29) is 25.7 Å². The Labute approximate surface area is 172 Å². The molecule has 2 aromatic carbocycles. The molecule has 1 aliphatic heterocycles. The molecule has 1 N–H and O–H groups in total. The molecule has 11 heteroatoms. The first-order chi connectivity index (χ1) is 14.4. The number of rotatable bonds is 4. The first-order valence-corrected chi connectivity index (χ1v) is 9.22. The highest BCUT2D eigenvalue weighted by Crippen LogP contribution is 2.46. The van der Waals surface area contributed by atoms with Crippen LogP contribution in [0.25, 0.3) is 0 Å². The lowest BCUT2D eigenvalue weighted by molar-refractivity contribution is -0.143. The molecule has 0 saturated carbocycles. The summed E-state index contributed by atoms with van der Waals surface area (Å²) < 4.78 is 98.2. The fraction of sp³-hybridized carbons (Fsp3) is 0.350. The summed E-state index contributed by atoms with van der Waals surface area (Å²) in [6, 6.07) is 5.46. The van der Waals surface area contributed by atoms with Crippen molar-refractivity contribution < 1.29 is 40.3 Å². The Morgan fingerprint density at radius 3 is 2.13 bits per heavy atom. The van der Waals surface area contributed by atoms with Crippen LogP contribution in [0.5, 0.6) is 5.75 Å². The topological polar surface area (TPSA) is 41.6 Å². The van der Waals surface area contributed by atoms with Crippen LogP contribution in [0.1, 0.15) is 29.5 Å². The highest BCUT2D eigenvalue weighted by atomic mass is 19.4. The van der Waals surface area contributed by atoms with Crippen LogP contribution >= 0.6 is 0 Å². The molecule has 0 aromatic heterocycles. The predicted octanol–water partition coefficient (Wildman–Crippen LogP) is 5.75. The number of alkyl halides is 6. The summed E-state index contributed by atoms with van der Waals surface area (Å²) in [4.78, 5) is 13.5. The maximum absolute atomic E-state index is 13.6. The first kappa shape index (κ1) is 22.7. The average molecular weight is 450 g/mol. The second kappa shape index (κ2) is 8.64. The highest BCUT2D eigenvalue weighted by molar-refractivity contribution is 5.76. The van der Waals surface area contributed by atoms with Gasteiger partial charge in [-0.25, -0.2) is 9.18 Å². The van der Waals surface area contributed by atoms with Gasteiger partial charge in [0.25, 0.3) is 0 Å². The van der Waals surface area contributed by atoms with E-state index in [9.17, 15) is 35.5 Å². The average Bonchev–Trinajstić information content (AvgIpc) is 3.20. The number of halogens is 7. The van der Waals surface area contributed by atoms with Gasteiger partial charge in [-0.1, -0.05) is 12.1 Å². The van der Waals surface area contributed by atoms with Crippen molar-refractivity contribution in [1.29, 1.82) is 0 Å². The minimum atomic E-state index is -5.19. The number of carbonyl (C=O) groups excluding carboxylic acids is 1. The summed E-state index contributed by atoms with van der Waals surface area (Å²) in [5, 5.41) is 2.22. The molecule has 1 saturated heterocycles. The van der Waals surface area contributed by atoms with E-state index in [1.807, 2.05) is 0 Å². The number of hydrogen-bond acceptors (Lipinski definition) is 3. The summed E-state index contributed by atoms with van der Waals surface area (Å²) in [5.74, 6) is -1.50. The van der Waals surface area contributed by atoms with E-state index in [2.05, 4.69) is 5.32 Å².